The third-order valence-corrected chi connectivity index (χ3v) is 7.52. The van der Waals surface area contributed by atoms with E-state index >= 15 is 0 Å². The van der Waals surface area contributed by atoms with E-state index in [0.29, 0.717) is 10.8 Å². The van der Waals surface area contributed by atoms with E-state index in [2.05, 4.69) is 29.4 Å². The number of sulfonamides is 1. The zero-order chi connectivity index (χ0) is 20.4. The molecule has 0 amide bonds. The summed E-state index contributed by atoms with van der Waals surface area (Å²) in [6, 6.07) is 16.3. The molecule has 2 heterocycles. The van der Waals surface area contributed by atoms with Crippen molar-refractivity contribution in [3.63, 3.8) is 0 Å². The van der Waals surface area contributed by atoms with E-state index < -0.39 is 15.6 Å². The van der Waals surface area contributed by atoms with Gasteiger partial charge in [0.1, 0.15) is 5.00 Å². The molecule has 4 rings (SSSR count). The molecule has 2 aromatic carbocycles. The summed E-state index contributed by atoms with van der Waals surface area (Å²) in [6.45, 7) is 2.89. The Balaban J connectivity index is 1.53. The zero-order valence-corrected chi connectivity index (χ0v) is 18.3. The number of oxime groups is 1. The van der Waals surface area contributed by atoms with Gasteiger partial charge in [-0.15, -0.1) is 24.0 Å². The van der Waals surface area contributed by atoms with Gasteiger partial charge in [0.05, 0.1) is 4.90 Å². The predicted molar refractivity (Wildman–Crippen MR) is 121 cm³/mol. The van der Waals surface area contributed by atoms with Gasteiger partial charge in [0.2, 0.25) is 5.56 Å². The fourth-order valence-corrected chi connectivity index (χ4v) is 5.60. The highest BCUT2D eigenvalue weighted by molar-refractivity contribution is 7.93. The number of thiophene rings is 1. The van der Waals surface area contributed by atoms with Crippen LogP contribution in [-0.4, -0.2) is 31.3 Å². The first-order valence-electron chi connectivity index (χ1n) is 9.28. The number of amidine groups is 1. The summed E-state index contributed by atoms with van der Waals surface area (Å²) in [5, 5.41) is 5.71. The number of unbranched alkanes of at least 4 members (excludes halogenated alkanes) is 1. The molecule has 0 saturated carbocycles. The smallest absolute Gasteiger partial charge is 0.262 e. The summed E-state index contributed by atoms with van der Waals surface area (Å²) in [5.41, 5.74) is 0.369. The average Bonchev–Trinajstić information content (AvgIpc) is 3.28. The fraction of sp³-hybridized carbons (Fsp3) is 0.250. The predicted octanol–water partition coefficient (Wildman–Crippen LogP) is 4.71. The Labute approximate surface area is 179 Å². The summed E-state index contributed by atoms with van der Waals surface area (Å²) >= 11 is 5.81. The first-order valence-corrected chi connectivity index (χ1v) is 12.1. The number of rotatable bonds is 7. The molecule has 0 bridgehead atoms. The fourth-order valence-electron chi connectivity index (χ4n) is 3.08. The number of benzene rings is 2. The number of hydrogen-bond donors (Lipinski definition) is 2. The third kappa shape index (κ3) is 4.22. The number of hydrogen-bond acceptors (Lipinski definition) is 7. The van der Waals surface area contributed by atoms with Crippen molar-refractivity contribution < 1.29 is 13.3 Å². The van der Waals surface area contributed by atoms with E-state index in [1.54, 1.807) is 24.3 Å². The Bertz CT molecular complexity index is 1110. The van der Waals surface area contributed by atoms with Crippen molar-refractivity contribution in [1.82, 2.24) is 4.90 Å². The molecule has 0 spiro atoms. The van der Waals surface area contributed by atoms with Crippen molar-refractivity contribution in [2.45, 2.75) is 30.2 Å². The van der Waals surface area contributed by atoms with E-state index in [1.807, 2.05) is 35.2 Å². The second-order valence-corrected chi connectivity index (χ2v) is 9.88. The van der Waals surface area contributed by atoms with Crippen LogP contribution in [0.5, 0.6) is 0 Å². The van der Waals surface area contributed by atoms with Crippen molar-refractivity contribution in [3.8, 4) is 0 Å². The maximum atomic E-state index is 12.8. The highest BCUT2D eigenvalue weighted by Crippen LogP contribution is 2.31. The molecule has 6 nitrogen and oxygen atoms in total. The maximum Gasteiger partial charge on any atom is 0.262 e. The quantitative estimate of drug-likeness (QED) is 0.515. The lowest BCUT2D eigenvalue weighted by Gasteiger charge is -2.21. The minimum Gasteiger partial charge on any atom is -0.357 e. The molecule has 0 saturated heterocycles. The summed E-state index contributed by atoms with van der Waals surface area (Å²) < 4.78 is 29.3. The number of nitrogens with one attached hydrogen (secondary N) is 1. The molecule has 1 N–H and O–H groups in total. The Morgan fingerprint density at radius 2 is 1.97 bits per heavy atom. The van der Waals surface area contributed by atoms with E-state index in [-0.39, 0.29) is 4.90 Å². The molecule has 3 aromatic rings. The van der Waals surface area contributed by atoms with Crippen molar-refractivity contribution in [3.05, 3.63) is 60.2 Å². The van der Waals surface area contributed by atoms with Crippen LogP contribution < -0.4 is 4.72 Å². The van der Waals surface area contributed by atoms with Crippen LogP contribution in [0.2, 0.25) is 0 Å². The van der Waals surface area contributed by atoms with Crippen LogP contribution in [0.4, 0.5) is 5.00 Å². The third-order valence-electron chi connectivity index (χ3n) is 4.61. The van der Waals surface area contributed by atoms with E-state index in [4.69, 9.17) is 4.84 Å². The van der Waals surface area contributed by atoms with Crippen LogP contribution in [0, 0.1) is 0 Å². The molecular weight excluding hydrogens is 426 g/mol. The van der Waals surface area contributed by atoms with Crippen molar-refractivity contribution in [2.75, 3.05) is 11.3 Å². The van der Waals surface area contributed by atoms with Gasteiger partial charge >= 0.3 is 0 Å². The van der Waals surface area contributed by atoms with Crippen LogP contribution in [-0.2, 0) is 14.9 Å². The summed E-state index contributed by atoms with van der Waals surface area (Å²) in [6.07, 6.45) is 2.04. The van der Waals surface area contributed by atoms with E-state index in [9.17, 15) is 8.42 Å². The Hall–Kier alpha value is -2.23. The van der Waals surface area contributed by atoms with Gasteiger partial charge in [0, 0.05) is 16.8 Å². The first-order chi connectivity index (χ1) is 14.0. The molecule has 0 fully saturated rings. The van der Waals surface area contributed by atoms with Crippen LogP contribution in [0.25, 0.3) is 10.1 Å². The second-order valence-electron chi connectivity index (χ2n) is 6.67. The van der Waals surface area contributed by atoms with Crippen molar-refractivity contribution in [2.24, 2.45) is 5.16 Å². The van der Waals surface area contributed by atoms with E-state index in [0.717, 1.165) is 35.0 Å². The Morgan fingerprint density at radius 3 is 2.69 bits per heavy atom. The van der Waals surface area contributed by atoms with Crippen LogP contribution in [0.1, 0.15) is 25.3 Å². The summed E-state index contributed by atoms with van der Waals surface area (Å²) in [4.78, 5) is 7.44. The summed E-state index contributed by atoms with van der Waals surface area (Å²) in [7, 11) is -3.68. The zero-order valence-electron chi connectivity index (χ0n) is 15.8. The van der Waals surface area contributed by atoms with E-state index in [1.165, 1.54) is 11.3 Å². The lowest BCUT2D eigenvalue weighted by atomic mass is 10.2. The molecule has 1 unspecified atom stereocenters. The van der Waals surface area contributed by atoms with Gasteiger partial charge in [-0.25, -0.2) is 8.42 Å². The maximum absolute atomic E-state index is 12.8. The van der Waals surface area contributed by atoms with Crippen LogP contribution in [0.3, 0.4) is 0 Å². The SMILES string of the molecule is CCCCN1C(c2ccc(S(=O)(=O)Nc3cc4ccccc4s3)cc2)=NOC1S. The molecule has 1 aromatic heterocycles. The highest BCUT2D eigenvalue weighted by Gasteiger charge is 2.28. The van der Waals surface area contributed by atoms with Crippen LogP contribution >= 0.6 is 24.0 Å². The second kappa shape index (κ2) is 8.25. The first kappa shape index (κ1) is 20.1. The van der Waals surface area contributed by atoms with Gasteiger partial charge in [-0.3, -0.25) is 4.72 Å². The summed E-state index contributed by atoms with van der Waals surface area (Å²) in [5.74, 6) is 0.667. The number of nitrogens with zero attached hydrogens (tertiary/aromatic N) is 2. The van der Waals surface area contributed by atoms with Crippen LogP contribution in [0.15, 0.2) is 64.6 Å². The highest BCUT2D eigenvalue weighted by atomic mass is 32.2. The lowest BCUT2D eigenvalue weighted by Crippen LogP contribution is -2.34. The van der Waals surface area contributed by atoms with Gasteiger partial charge in [0.15, 0.2) is 5.84 Å². The standard InChI is InChI=1S/C20H21N3O3S3/c1-2-3-12-23-19(21-26-20(23)27)14-8-10-16(11-9-14)29(24,25)22-18-13-15-6-4-5-7-17(15)28-18/h4-11,13,20,22,27H,2-3,12H2,1H3. The molecule has 9 heteroatoms. The van der Waals surface area contributed by atoms with Gasteiger partial charge in [0.25, 0.3) is 10.0 Å². The van der Waals surface area contributed by atoms with Gasteiger partial charge < -0.3 is 9.74 Å². The monoisotopic (exact) mass is 447 g/mol. The number of anilines is 1. The largest absolute Gasteiger partial charge is 0.357 e. The molecule has 0 radical (unpaired) electrons. The normalized spacial score (nSPS) is 16.7. The van der Waals surface area contributed by atoms with Crippen molar-refractivity contribution in [1.29, 1.82) is 0 Å². The molecule has 1 atom stereocenters. The van der Waals surface area contributed by atoms with Gasteiger partial charge in [-0.2, -0.15) is 0 Å². The minimum absolute atomic E-state index is 0.195. The number of fused-ring (bicyclic) bond motifs is 1. The molecule has 0 aliphatic carbocycles. The molecule has 152 valence electrons. The van der Waals surface area contributed by atoms with Gasteiger partial charge in [-0.05, 0) is 48.2 Å². The van der Waals surface area contributed by atoms with Gasteiger partial charge in [-0.1, -0.05) is 36.7 Å². The minimum atomic E-state index is -3.68. The molecule has 1 aliphatic rings. The Kier molecular flexibility index (Phi) is 5.71. The lowest BCUT2D eigenvalue weighted by molar-refractivity contribution is 0.0807. The topological polar surface area (TPSA) is 71.0 Å². The van der Waals surface area contributed by atoms with Crippen molar-refractivity contribution >= 4 is 54.9 Å². The molecule has 29 heavy (non-hydrogen) atoms. The molecule has 1 aliphatic heterocycles. The number of thiol groups is 1. The average molecular weight is 448 g/mol. The Morgan fingerprint density at radius 1 is 1.21 bits per heavy atom. The molecular formula is C20H21N3O3S3.